The molecule has 0 saturated heterocycles. The first-order valence-electron chi connectivity index (χ1n) is 5.79. The van der Waals surface area contributed by atoms with Crippen LogP contribution in [0.25, 0.3) is 0 Å². The number of hydrogen-bond donors (Lipinski definition) is 1. The number of nitrogens with two attached hydrogens (primary N) is 1. The maximum absolute atomic E-state index is 6.06. The third kappa shape index (κ3) is 2.18. The van der Waals surface area contributed by atoms with Crippen LogP contribution in [0.5, 0.6) is 5.75 Å². The van der Waals surface area contributed by atoms with Gasteiger partial charge in [-0.25, -0.2) is 0 Å². The summed E-state index contributed by atoms with van der Waals surface area (Å²) in [6.45, 7) is 0.750. The van der Waals surface area contributed by atoms with Crippen LogP contribution in [0.1, 0.15) is 30.7 Å². The minimum atomic E-state index is 0.513. The maximum atomic E-state index is 6.06. The Labute approximate surface area is 102 Å². The fourth-order valence-corrected chi connectivity index (χ4v) is 2.90. The van der Waals surface area contributed by atoms with Gasteiger partial charge in [-0.3, -0.25) is 0 Å². The molecule has 16 heavy (non-hydrogen) atoms. The topological polar surface area (TPSA) is 35.2 Å². The normalized spacial score (nSPS) is 24.7. The first-order valence-corrected chi connectivity index (χ1v) is 6.17. The van der Waals surface area contributed by atoms with Crippen LogP contribution in [0.4, 0.5) is 0 Å². The first kappa shape index (κ1) is 11.7. The summed E-state index contributed by atoms with van der Waals surface area (Å²) in [5, 5.41) is 0.776. The molecule has 0 aliphatic heterocycles. The summed E-state index contributed by atoms with van der Waals surface area (Å²) >= 11 is 6.06. The van der Waals surface area contributed by atoms with Gasteiger partial charge in [0.2, 0.25) is 0 Å². The van der Waals surface area contributed by atoms with Crippen molar-refractivity contribution in [2.45, 2.75) is 25.2 Å². The summed E-state index contributed by atoms with van der Waals surface area (Å²) in [6, 6.07) is 5.85. The maximum Gasteiger partial charge on any atom is 0.122 e. The molecule has 3 heteroatoms. The van der Waals surface area contributed by atoms with E-state index < -0.39 is 0 Å². The Bertz CT molecular complexity index is 367. The molecule has 0 radical (unpaired) electrons. The molecule has 1 aliphatic rings. The Morgan fingerprint density at radius 2 is 2.25 bits per heavy atom. The molecule has 1 aromatic carbocycles. The molecule has 2 rings (SSSR count). The van der Waals surface area contributed by atoms with Gasteiger partial charge in [0.15, 0.2) is 0 Å². The van der Waals surface area contributed by atoms with Crippen LogP contribution in [-0.2, 0) is 0 Å². The number of rotatable bonds is 3. The van der Waals surface area contributed by atoms with Crippen molar-refractivity contribution in [1.82, 2.24) is 0 Å². The predicted molar refractivity (Wildman–Crippen MR) is 67.1 cm³/mol. The molecule has 1 saturated carbocycles. The van der Waals surface area contributed by atoms with Gasteiger partial charge in [0.1, 0.15) is 5.75 Å². The number of methoxy groups -OCH3 is 1. The Morgan fingerprint density at radius 3 is 2.94 bits per heavy atom. The summed E-state index contributed by atoms with van der Waals surface area (Å²) in [5.74, 6) is 2.03. The van der Waals surface area contributed by atoms with Crippen molar-refractivity contribution in [3.63, 3.8) is 0 Å². The largest absolute Gasteiger partial charge is 0.496 e. The molecule has 0 aromatic heterocycles. The van der Waals surface area contributed by atoms with E-state index in [1.54, 1.807) is 7.11 Å². The molecule has 0 spiro atoms. The van der Waals surface area contributed by atoms with Gasteiger partial charge >= 0.3 is 0 Å². The van der Waals surface area contributed by atoms with Crippen molar-refractivity contribution in [1.29, 1.82) is 0 Å². The van der Waals surface area contributed by atoms with Crippen molar-refractivity contribution >= 4 is 11.6 Å². The zero-order valence-corrected chi connectivity index (χ0v) is 10.3. The van der Waals surface area contributed by atoms with Crippen LogP contribution in [-0.4, -0.2) is 13.7 Å². The standard InChI is InChI=1S/C13H18ClNO/c1-16-13-6-5-10(14)7-12(13)11-4-2-3-9(11)8-15/h5-7,9,11H,2-4,8,15H2,1H3. The SMILES string of the molecule is COc1ccc(Cl)cc1C1CCCC1CN. The number of ether oxygens (including phenoxy) is 1. The number of halogens is 1. The van der Waals surface area contributed by atoms with E-state index in [1.807, 2.05) is 18.2 Å². The molecular weight excluding hydrogens is 222 g/mol. The van der Waals surface area contributed by atoms with Gasteiger partial charge in [0.25, 0.3) is 0 Å². The summed E-state index contributed by atoms with van der Waals surface area (Å²) in [4.78, 5) is 0. The van der Waals surface area contributed by atoms with Gasteiger partial charge in [0, 0.05) is 5.02 Å². The monoisotopic (exact) mass is 239 g/mol. The fraction of sp³-hybridized carbons (Fsp3) is 0.538. The second kappa shape index (κ2) is 5.07. The molecule has 1 aromatic rings. The molecule has 0 amide bonds. The molecule has 2 N–H and O–H groups in total. The van der Waals surface area contributed by atoms with Gasteiger partial charge in [0.05, 0.1) is 7.11 Å². The molecular formula is C13H18ClNO. The highest BCUT2D eigenvalue weighted by molar-refractivity contribution is 6.30. The van der Waals surface area contributed by atoms with E-state index >= 15 is 0 Å². The van der Waals surface area contributed by atoms with Gasteiger partial charge < -0.3 is 10.5 Å². The van der Waals surface area contributed by atoms with E-state index in [0.29, 0.717) is 11.8 Å². The quantitative estimate of drug-likeness (QED) is 0.879. The van der Waals surface area contributed by atoms with E-state index in [4.69, 9.17) is 22.1 Å². The lowest BCUT2D eigenvalue weighted by Crippen LogP contribution is -2.17. The number of benzene rings is 1. The molecule has 1 fully saturated rings. The molecule has 2 unspecified atom stereocenters. The Morgan fingerprint density at radius 1 is 1.44 bits per heavy atom. The van der Waals surface area contributed by atoms with E-state index in [2.05, 4.69) is 0 Å². The molecule has 88 valence electrons. The van der Waals surface area contributed by atoms with Crippen LogP contribution >= 0.6 is 11.6 Å². The molecule has 0 bridgehead atoms. The summed E-state index contributed by atoms with van der Waals surface area (Å²) in [6.07, 6.45) is 3.66. The Balaban J connectivity index is 2.34. The van der Waals surface area contributed by atoms with Crippen molar-refractivity contribution in [3.05, 3.63) is 28.8 Å². The molecule has 1 aliphatic carbocycles. The van der Waals surface area contributed by atoms with Gasteiger partial charge in [-0.05, 0) is 55.0 Å². The highest BCUT2D eigenvalue weighted by Crippen LogP contribution is 2.43. The van der Waals surface area contributed by atoms with Gasteiger partial charge in [-0.2, -0.15) is 0 Å². The van der Waals surface area contributed by atoms with E-state index in [9.17, 15) is 0 Å². The first-order chi connectivity index (χ1) is 7.76. The zero-order valence-electron chi connectivity index (χ0n) is 9.58. The smallest absolute Gasteiger partial charge is 0.122 e. The van der Waals surface area contributed by atoms with Crippen molar-refractivity contribution < 1.29 is 4.74 Å². The third-order valence-electron chi connectivity index (χ3n) is 3.55. The molecule has 0 heterocycles. The van der Waals surface area contributed by atoms with E-state index in [1.165, 1.54) is 24.8 Å². The average Bonchev–Trinajstić information content (AvgIpc) is 2.76. The highest BCUT2D eigenvalue weighted by Gasteiger charge is 2.29. The lowest BCUT2D eigenvalue weighted by atomic mass is 9.88. The average molecular weight is 240 g/mol. The molecule has 2 atom stereocenters. The van der Waals surface area contributed by atoms with Crippen LogP contribution in [0.3, 0.4) is 0 Å². The summed E-state index contributed by atoms with van der Waals surface area (Å²) in [5.41, 5.74) is 7.04. The van der Waals surface area contributed by atoms with E-state index in [-0.39, 0.29) is 0 Å². The van der Waals surface area contributed by atoms with Crippen LogP contribution in [0.2, 0.25) is 5.02 Å². The minimum absolute atomic E-state index is 0.513. The predicted octanol–water partition coefficient (Wildman–Crippen LogP) is 3.19. The zero-order chi connectivity index (χ0) is 11.5. The number of hydrogen-bond acceptors (Lipinski definition) is 2. The molecule has 2 nitrogen and oxygen atoms in total. The van der Waals surface area contributed by atoms with Crippen LogP contribution < -0.4 is 10.5 Å². The van der Waals surface area contributed by atoms with Crippen molar-refractivity contribution in [2.24, 2.45) is 11.7 Å². The Kier molecular flexibility index (Phi) is 3.72. The third-order valence-corrected chi connectivity index (χ3v) is 3.79. The van der Waals surface area contributed by atoms with Crippen LogP contribution in [0.15, 0.2) is 18.2 Å². The van der Waals surface area contributed by atoms with Gasteiger partial charge in [-0.1, -0.05) is 18.0 Å². The fourth-order valence-electron chi connectivity index (χ4n) is 2.72. The van der Waals surface area contributed by atoms with Crippen molar-refractivity contribution in [2.75, 3.05) is 13.7 Å². The van der Waals surface area contributed by atoms with Crippen LogP contribution in [0, 0.1) is 5.92 Å². The summed E-state index contributed by atoms with van der Waals surface area (Å²) < 4.78 is 5.41. The lowest BCUT2D eigenvalue weighted by molar-refractivity contribution is 0.396. The lowest BCUT2D eigenvalue weighted by Gasteiger charge is -2.20. The summed E-state index contributed by atoms with van der Waals surface area (Å²) in [7, 11) is 1.71. The Hall–Kier alpha value is -0.730. The van der Waals surface area contributed by atoms with Gasteiger partial charge in [-0.15, -0.1) is 0 Å². The van der Waals surface area contributed by atoms with Crippen molar-refractivity contribution in [3.8, 4) is 5.75 Å². The second-order valence-electron chi connectivity index (χ2n) is 4.42. The second-order valence-corrected chi connectivity index (χ2v) is 4.86. The highest BCUT2D eigenvalue weighted by atomic mass is 35.5. The minimum Gasteiger partial charge on any atom is -0.496 e. The van der Waals surface area contributed by atoms with E-state index in [0.717, 1.165) is 17.3 Å².